The maximum absolute atomic E-state index is 2.53. The number of aryl methyl sites for hydroxylation is 3. The number of allylic oxidation sites excluding steroid dienone is 1. The molecule has 0 aliphatic heterocycles. The Morgan fingerprint density at radius 1 is 0.400 bits per heavy atom. The van der Waals surface area contributed by atoms with Crippen LogP contribution in [0.15, 0.2) is 188 Å². The molecule has 11 aromatic rings. The van der Waals surface area contributed by atoms with E-state index in [4.69, 9.17) is 0 Å². The summed E-state index contributed by atoms with van der Waals surface area (Å²) >= 11 is 0. The molecule has 0 saturated heterocycles. The van der Waals surface area contributed by atoms with Gasteiger partial charge in [-0.2, -0.15) is 0 Å². The fraction of sp³-hybridized carbons (Fsp3) is 0.0877. The Morgan fingerprint density at radius 3 is 1.62 bits per heavy atom. The normalized spacial score (nSPS) is 12.4. The first-order chi connectivity index (χ1) is 29.6. The van der Waals surface area contributed by atoms with Crippen molar-refractivity contribution in [1.29, 1.82) is 0 Å². The van der Waals surface area contributed by atoms with E-state index in [1.165, 1.54) is 111 Å². The molecule has 1 aliphatic carbocycles. The average Bonchev–Trinajstić information content (AvgIpc) is 3.94. The van der Waals surface area contributed by atoms with Gasteiger partial charge in [-0.15, -0.1) is 0 Å². The average molecular weight is 772 g/mol. The molecule has 0 unspecified atom stereocenters. The van der Waals surface area contributed by atoms with Gasteiger partial charge < -0.3 is 13.7 Å². The Labute approximate surface area is 350 Å². The number of nitrogens with zero attached hydrogens (tertiary/aromatic N) is 3. The molecule has 0 fully saturated rings. The predicted molar refractivity (Wildman–Crippen MR) is 255 cm³/mol. The summed E-state index contributed by atoms with van der Waals surface area (Å²) < 4.78 is 7.31. The highest BCUT2D eigenvalue weighted by molar-refractivity contribution is 6.22. The van der Waals surface area contributed by atoms with E-state index in [-0.39, 0.29) is 0 Å². The lowest BCUT2D eigenvalue weighted by atomic mass is 9.94. The molecule has 3 nitrogen and oxygen atoms in total. The molecular formula is C57H45N3. The van der Waals surface area contributed by atoms with E-state index in [0.29, 0.717) is 0 Å². The first-order valence-corrected chi connectivity index (χ1v) is 21.1. The van der Waals surface area contributed by atoms with Crippen LogP contribution in [0.4, 0.5) is 0 Å². The van der Waals surface area contributed by atoms with Gasteiger partial charge in [0.1, 0.15) is 0 Å². The lowest BCUT2D eigenvalue weighted by Gasteiger charge is -2.14. The summed E-state index contributed by atoms with van der Waals surface area (Å²) in [5.41, 5.74) is 19.3. The second-order valence-corrected chi connectivity index (χ2v) is 16.2. The van der Waals surface area contributed by atoms with Gasteiger partial charge >= 0.3 is 0 Å². The molecule has 60 heavy (non-hydrogen) atoms. The molecule has 0 N–H and O–H groups in total. The van der Waals surface area contributed by atoms with Crippen LogP contribution in [0.5, 0.6) is 0 Å². The molecule has 288 valence electrons. The molecular weight excluding hydrogens is 727 g/mol. The van der Waals surface area contributed by atoms with Crippen molar-refractivity contribution in [2.75, 3.05) is 0 Å². The largest absolute Gasteiger partial charge is 0.312 e. The van der Waals surface area contributed by atoms with E-state index in [0.717, 1.165) is 12.8 Å². The van der Waals surface area contributed by atoms with Crippen molar-refractivity contribution < 1.29 is 0 Å². The van der Waals surface area contributed by atoms with Gasteiger partial charge in [-0.25, -0.2) is 0 Å². The fourth-order valence-corrected chi connectivity index (χ4v) is 9.85. The highest BCUT2D eigenvalue weighted by Gasteiger charge is 2.24. The van der Waals surface area contributed by atoms with E-state index < -0.39 is 0 Å². The summed E-state index contributed by atoms with van der Waals surface area (Å²) in [6.07, 6.45) is 6.80. The van der Waals surface area contributed by atoms with E-state index in [1.807, 2.05) is 0 Å². The Bertz CT molecular complexity index is 3430. The number of hydrogen-bond acceptors (Lipinski definition) is 0. The molecule has 0 amide bonds. The highest BCUT2D eigenvalue weighted by atomic mass is 15.0. The van der Waals surface area contributed by atoms with Crippen LogP contribution >= 0.6 is 0 Å². The molecule has 0 spiro atoms. The number of para-hydroxylation sites is 4. The Hall–Kier alpha value is -7.36. The first kappa shape index (κ1) is 35.8. The summed E-state index contributed by atoms with van der Waals surface area (Å²) in [6.45, 7) is 6.60. The van der Waals surface area contributed by atoms with Gasteiger partial charge in [-0.1, -0.05) is 139 Å². The predicted octanol–water partition coefficient (Wildman–Crippen LogP) is 15.1. The van der Waals surface area contributed by atoms with Gasteiger partial charge in [0.2, 0.25) is 0 Å². The summed E-state index contributed by atoms with van der Waals surface area (Å²) in [4.78, 5) is 0. The third-order valence-corrected chi connectivity index (χ3v) is 12.6. The molecule has 0 bridgehead atoms. The maximum Gasteiger partial charge on any atom is 0.0638 e. The lowest BCUT2D eigenvalue weighted by Crippen LogP contribution is -2.03. The molecule has 0 atom stereocenters. The Balaban J connectivity index is 0.000000139. The zero-order valence-corrected chi connectivity index (χ0v) is 34.2. The third kappa shape index (κ3) is 5.65. The molecule has 1 aliphatic rings. The molecule has 3 aromatic heterocycles. The minimum Gasteiger partial charge on any atom is -0.312 e. The molecule has 3 heterocycles. The van der Waals surface area contributed by atoms with Crippen molar-refractivity contribution in [2.24, 2.45) is 0 Å². The number of aromatic nitrogens is 3. The molecule has 3 heteroatoms. The van der Waals surface area contributed by atoms with Crippen LogP contribution in [0.1, 0.15) is 34.4 Å². The van der Waals surface area contributed by atoms with Crippen LogP contribution in [0.2, 0.25) is 0 Å². The minimum atomic E-state index is 1.06. The number of rotatable bonds is 4. The van der Waals surface area contributed by atoms with Crippen molar-refractivity contribution >= 4 is 60.6 Å². The van der Waals surface area contributed by atoms with E-state index >= 15 is 0 Å². The molecule has 0 saturated carbocycles. The number of benzene rings is 8. The third-order valence-electron chi connectivity index (χ3n) is 12.6. The van der Waals surface area contributed by atoms with Crippen molar-refractivity contribution in [1.82, 2.24) is 13.7 Å². The van der Waals surface area contributed by atoms with Crippen LogP contribution in [0, 0.1) is 20.8 Å². The maximum atomic E-state index is 2.53. The molecule has 8 aromatic carbocycles. The SMILES string of the molecule is Cc1ccc(-n2c3c(c4ccc5c(c6ccccc6n5-c5ccccc5)c42)C=CCC3)cc1.Cc1ccccc1-c1ccc2c(c1C)c1ccccc1n2-c1ccccc1. The zero-order valence-electron chi connectivity index (χ0n) is 34.2. The van der Waals surface area contributed by atoms with Crippen LogP contribution in [0.3, 0.4) is 0 Å². The van der Waals surface area contributed by atoms with Crippen LogP contribution in [-0.4, -0.2) is 13.7 Å². The second-order valence-electron chi connectivity index (χ2n) is 16.2. The molecule has 12 rings (SSSR count). The summed E-state index contributed by atoms with van der Waals surface area (Å²) in [5.74, 6) is 0. The lowest BCUT2D eigenvalue weighted by molar-refractivity contribution is 0.889. The monoisotopic (exact) mass is 771 g/mol. The van der Waals surface area contributed by atoms with E-state index in [9.17, 15) is 0 Å². The van der Waals surface area contributed by atoms with Gasteiger partial charge in [0.05, 0.1) is 27.6 Å². The van der Waals surface area contributed by atoms with Gasteiger partial charge in [-0.3, -0.25) is 0 Å². The van der Waals surface area contributed by atoms with Crippen LogP contribution in [0.25, 0.3) is 88.8 Å². The van der Waals surface area contributed by atoms with Gasteiger partial charge in [0.25, 0.3) is 0 Å². The van der Waals surface area contributed by atoms with Crippen molar-refractivity contribution in [3.63, 3.8) is 0 Å². The Morgan fingerprint density at radius 2 is 0.950 bits per heavy atom. The van der Waals surface area contributed by atoms with Crippen molar-refractivity contribution in [3.05, 3.63) is 216 Å². The topological polar surface area (TPSA) is 14.8 Å². The smallest absolute Gasteiger partial charge is 0.0638 e. The first-order valence-electron chi connectivity index (χ1n) is 21.1. The van der Waals surface area contributed by atoms with Crippen LogP contribution in [-0.2, 0) is 6.42 Å². The van der Waals surface area contributed by atoms with Crippen molar-refractivity contribution in [3.8, 4) is 28.2 Å². The quantitative estimate of drug-likeness (QED) is 0.169. The highest BCUT2D eigenvalue weighted by Crippen LogP contribution is 2.43. The fourth-order valence-electron chi connectivity index (χ4n) is 9.85. The summed E-state index contributed by atoms with van der Waals surface area (Å²) in [6, 6.07) is 65.7. The Kier molecular flexibility index (Phi) is 8.63. The van der Waals surface area contributed by atoms with Gasteiger partial charge in [-0.05, 0) is 117 Å². The number of hydrogen-bond donors (Lipinski definition) is 0. The summed E-state index contributed by atoms with van der Waals surface area (Å²) in [7, 11) is 0. The minimum absolute atomic E-state index is 1.06. The van der Waals surface area contributed by atoms with E-state index in [2.05, 4.69) is 229 Å². The second kappa shape index (κ2) is 14.5. The van der Waals surface area contributed by atoms with Gasteiger partial charge in [0, 0.05) is 55.3 Å². The number of fused-ring (bicyclic) bond motifs is 10. The summed E-state index contributed by atoms with van der Waals surface area (Å²) in [5, 5.41) is 6.62. The standard InChI is InChI=1S/C31H24N2.C26H21N/c1-21-15-17-23(18-16-21)33-27-13-7-5-11-24(27)25-19-20-29-30(31(25)33)26-12-6-8-14-28(26)32(29)22-9-3-2-4-10-22;1-18-10-6-7-13-21(18)22-16-17-25-26(19(22)2)23-14-8-9-15-24(23)27(25)20-11-4-3-5-12-20/h2-6,8-12,14-20H,7,13H2,1H3;3-17H,1-2H3. The van der Waals surface area contributed by atoms with Crippen molar-refractivity contribution in [2.45, 2.75) is 33.6 Å². The molecule has 0 radical (unpaired) electrons. The van der Waals surface area contributed by atoms with Gasteiger partial charge in [0.15, 0.2) is 0 Å². The van der Waals surface area contributed by atoms with Crippen LogP contribution < -0.4 is 0 Å². The van der Waals surface area contributed by atoms with E-state index in [1.54, 1.807) is 0 Å². The zero-order chi connectivity index (χ0) is 40.3.